The second-order valence-electron chi connectivity index (χ2n) is 6.87. The van der Waals surface area contributed by atoms with E-state index >= 15 is 4.39 Å². The SMILES string of the molecule is Oc1cccc(C(F)(F)F)c1-c1c(F)cc2c(c1F)OCC1CNCCN1C2. The number of benzene rings is 2. The van der Waals surface area contributed by atoms with Crippen molar-refractivity contribution in [1.29, 1.82) is 0 Å². The molecule has 0 aliphatic carbocycles. The number of nitrogens with zero attached hydrogens (tertiary/aromatic N) is 1. The molecule has 0 amide bonds. The molecule has 1 fully saturated rings. The zero-order valence-electron chi connectivity index (χ0n) is 14.6. The van der Waals surface area contributed by atoms with Crippen molar-refractivity contribution in [1.82, 2.24) is 10.2 Å². The number of piperazine rings is 1. The third-order valence-electron chi connectivity index (χ3n) is 5.11. The Labute approximate surface area is 157 Å². The van der Waals surface area contributed by atoms with Gasteiger partial charge in [0.2, 0.25) is 0 Å². The molecule has 2 N–H and O–H groups in total. The van der Waals surface area contributed by atoms with Gasteiger partial charge in [-0.25, -0.2) is 8.78 Å². The van der Waals surface area contributed by atoms with Crippen LogP contribution in [0.25, 0.3) is 11.1 Å². The molecule has 2 heterocycles. The van der Waals surface area contributed by atoms with E-state index in [1.165, 1.54) is 0 Å². The largest absolute Gasteiger partial charge is 0.507 e. The molecule has 2 aliphatic heterocycles. The van der Waals surface area contributed by atoms with E-state index in [0.29, 0.717) is 19.2 Å². The van der Waals surface area contributed by atoms with Crippen LogP contribution in [-0.2, 0) is 12.7 Å². The summed E-state index contributed by atoms with van der Waals surface area (Å²) in [5.74, 6) is -3.56. The van der Waals surface area contributed by atoms with E-state index in [-0.39, 0.29) is 30.5 Å². The Kier molecular flexibility index (Phi) is 4.67. The Bertz CT molecular complexity index is 916. The summed E-state index contributed by atoms with van der Waals surface area (Å²) in [6.45, 7) is 2.35. The van der Waals surface area contributed by atoms with E-state index in [4.69, 9.17) is 4.74 Å². The van der Waals surface area contributed by atoms with Crippen LogP contribution in [0.5, 0.6) is 11.5 Å². The van der Waals surface area contributed by atoms with Crippen molar-refractivity contribution in [2.75, 3.05) is 26.2 Å². The molecule has 2 aliphatic rings. The van der Waals surface area contributed by atoms with Gasteiger partial charge < -0.3 is 15.2 Å². The highest BCUT2D eigenvalue weighted by molar-refractivity contribution is 5.77. The van der Waals surface area contributed by atoms with Crippen LogP contribution in [0.3, 0.4) is 0 Å². The lowest BCUT2D eigenvalue weighted by Crippen LogP contribution is -2.52. The minimum atomic E-state index is -4.90. The molecule has 0 bridgehead atoms. The summed E-state index contributed by atoms with van der Waals surface area (Å²) in [5.41, 5.74) is -2.96. The molecule has 9 heteroatoms. The highest BCUT2D eigenvalue weighted by atomic mass is 19.4. The topological polar surface area (TPSA) is 44.7 Å². The van der Waals surface area contributed by atoms with Crippen molar-refractivity contribution >= 4 is 0 Å². The average molecular weight is 400 g/mol. The monoisotopic (exact) mass is 400 g/mol. The Balaban J connectivity index is 1.88. The lowest BCUT2D eigenvalue weighted by atomic mass is 9.95. The van der Waals surface area contributed by atoms with Gasteiger partial charge in [-0.2, -0.15) is 13.2 Å². The van der Waals surface area contributed by atoms with Crippen molar-refractivity contribution in [2.45, 2.75) is 18.8 Å². The van der Waals surface area contributed by atoms with Gasteiger partial charge in [-0.1, -0.05) is 6.07 Å². The van der Waals surface area contributed by atoms with Gasteiger partial charge >= 0.3 is 6.18 Å². The number of alkyl halides is 3. The maximum atomic E-state index is 15.2. The number of hydrogen-bond acceptors (Lipinski definition) is 4. The number of aromatic hydroxyl groups is 1. The number of phenolic OH excluding ortho intramolecular Hbond substituents is 1. The lowest BCUT2D eigenvalue weighted by Gasteiger charge is -2.33. The average Bonchev–Trinajstić information content (AvgIpc) is 2.81. The number of fused-ring (bicyclic) bond motifs is 2. The quantitative estimate of drug-likeness (QED) is 0.719. The molecule has 150 valence electrons. The van der Waals surface area contributed by atoms with Gasteiger partial charge in [0.25, 0.3) is 0 Å². The smallest absolute Gasteiger partial charge is 0.417 e. The molecule has 2 aromatic carbocycles. The molecular formula is C19H17F5N2O2. The van der Waals surface area contributed by atoms with E-state index in [1.54, 1.807) is 0 Å². The maximum Gasteiger partial charge on any atom is 0.417 e. The molecule has 28 heavy (non-hydrogen) atoms. The number of rotatable bonds is 1. The van der Waals surface area contributed by atoms with Crippen LogP contribution in [-0.4, -0.2) is 42.3 Å². The number of nitrogens with one attached hydrogen (secondary N) is 1. The van der Waals surface area contributed by atoms with Gasteiger partial charge in [0.1, 0.15) is 18.2 Å². The Morgan fingerprint density at radius 2 is 1.96 bits per heavy atom. The van der Waals surface area contributed by atoms with Crippen LogP contribution in [0.4, 0.5) is 22.0 Å². The molecule has 1 atom stereocenters. The number of halogens is 5. The number of hydrogen-bond donors (Lipinski definition) is 2. The Morgan fingerprint density at radius 1 is 1.18 bits per heavy atom. The van der Waals surface area contributed by atoms with E-state index in [1.807, 2.05) is 4.90 Å². The molecule has 0 spiro atoms. The predicted molar refractivity (Wildman–Crippen MR) is 91.0 cm³/mol. The van der Waals surface area contributed by atoms with Crippen LogP contribution >= 0.6 is 0 Å². The summed E-state index contributed by atoms with van der Waals surface area (Å²) in [5, 5.41) is 13.2. The summed E-state index contributed by atoms with van der Waals surface area (Å²) >= 11 is 0. The van der Waals surface area contributed by atoms with Crippen molar-refractivity contribution in [3.8, 4) is 22.6 Å². The van der Waals surface area contributed by atoms with Crippen molar-refractivity contribution in [2.24, 2.45) is 0 Å². The van der Waals surface area contributed by atoms with Crippen molar-refractivity contribution < 1.29 is 31.8 Å². The van der Waals surface area contributed by atoms with Gasteiger partial charge in [-0.3, -0.25) is 4.90 Å². The summed E-state index contributed by atoms with van der Waals surface area (Å²) in [6, 6.07) is 3.55. The normalized spacial score (nSPS) is 20.1. The van der Waals surface area contributed by atoms with Crippen LogP contribution in [0.15, 0.2) is 24.3 Å². The lowest BCUT2D eigenvalue weighted by molar-refractivity contribution is -0.137. The third kappa shape index (κ3) is 3.18. The van der Waals surface area contributed by atoms with Crippen LogP contribution < -0.4 is 10.1 Å². The van der Waals surface area contributed by atoms with Gasteiger partial charge in [0.05, 0.1) is 17.2 Å². The van der Waals surface area contributed by atoms with E-state index < -0.39 is 40.3 Å². The van der Waals surface area contributed by atoms with Gasteiger partial charge in [-0.05, 0) is 18.2 Å². The molecule has 4 rings (SSSR count). The summed E-state index contributed by atoms with van der Waals surface area (Å²) in [7, 11) is 0. The van der Waals surface area contributed by atoms with Crippen LogP contribution in [0.2, 0.25) is 0 Å². The first-order valence-electron chi connectivity index (χ1n) is 8.75. The maximum absolute atomic E-state index is 15.2. The molecule has 2 aromatic rings. The van der Waals surface area contributed by atoms with Crippen molar-refractivity contribution in [3.05, 3.63) is 47.0 Å². The Hall–Kier alpha value is -2.39. The fourth-order valence-corrected chi connectivity index (χ4v) is 3.77. The first kappa shape index (κ1) is 18.9. The predicted octanol–water partition coefficient (Wildman–Crippen LogP) is 3.52. The Morgan fingerprint density at radius 3 is 2.71 bits per heavy atom. The van der Waals surface area contributed by atoms with Crippen molar-refractivity contribution in [3.63, 3.8) is 0 Å². The fourth-order valence-electron chi connectivity index (χ4n) is 3.77. The fraction of sp³-hybridized carbons (Fsp3) is 0.368. The molecule has 1 saturated heterocycles. The van der Waals surface area contributed by atoms with Gasteiger partial charge in [-0.15, -0.1) is 0 Å². The summed E-state index contributed by atoms with van der Waals surface area (Å²) < 4.78 is 75.7. The zero-order chi connectivity index (χ0) is 20.1. The standard InChI is InChI=1S/C19H17F5N2O2/c20-13-6-10-8-26-5-4-25-7-11(26)9-28-18(10)17(21)16(13)15-12(19(22,23)24)2-1-3-14(15)27/h1-3,6,11,25,27H,4-5,7-9H2. The molecule has 0 radical (unpaired) electrons. The molecule has 1 unspecified atom stereocenters. The summed E-state index contributed by atoms with van der Waals surface area (Å²) in [6.07, 6.45) is -4.90. The van der Waals surface area contributed by atoms with E-state index in [9.17, 15) is 22.7 Å². The third-order valence-corrected chi connectivity index (χ3v) is 5.11. The number of ether oxygens (including phenoxy) is 1. The van der Waals surface area contributed by atoms with Gasteiger partial charge in [0, 0.05) is 37.3 Å². The molecule has 0 saturated carbocycles. The van der Waals surface area contributed by atoms with Crippen LogP contribution in [0.1, 0.15) is 11.1 Å². The second-order valence-corrected chi connectivity index (χ2v) is 6.87. The molecular weight excluding hydrogens is 383 g/mol. The minimum absolute atomic E-state index is 0.0528. The van der Waals surface area contributed by atoms with E-state index in [2.05, 4.69) is 5.32 Å². The minimum Gasteiger partial charge on any atom is -0.507 e. The number of phenols is 1. The zero-order valence-corrected chi connectivity index (χ0v) is 14.6. The highest BCUT2D eigenvalue weighted by Gasteiger charge is 2.38. The van der Waals surface area contributed by atoms with E-state index in [0.717, 1.165) is 24.7 Å². The highest BCUT2D eigenvalue weighted by Crippen LogP contribution is 2.46. The second kappa shape index (κ2) is 6.89. The first-order chi connectivity index (χ1) is 13.3. The molecule has 0 aromatic heterocycles. The molecule has 4 nitrogen and oxygen atoms in total. The first-order valence-corrected chi connectivity index (χ1v) is 8.75. The summed E-state index contributed by atoms with van der Waals surface area (Å²) in [4.78, 5) is 2.02. The van der Waals surface area contributed by atoms with Crippen LogP contribution in [0, 0.1) is 11.6 Å². The van der Waals surface area contributed by atoms with Gasteiger partial charge in [0.15, 0.2) is 11.6 Å².